The number of carboxylic acid groups (broad SMARTS) is 1. The fourth-order valence-electron chi connectivity index (χ4n) is 1.52. The Bertz CT molecular complexity index is 347. The Balaban J connectivity index is 2.90. The molecule has 1 aromatic carbocycles. The zero-order chi connectivity index (χ0) is 10.7. The molecule has 3 nitrogen and oxygen atoms in total. The zero-order valence-corrected chi connectivity index (χ0v) is 8.74. The fraction of sp³-hybridized carbons (Fsp3) is 0.364. The monoisotopic (exact) mass is 193 g/mol. The second-order valence-corrected chi connectivity index (χ2v) is 3.54. The van der Waals surface area contributed by atoms with Gasteiger partial charge in [-0.15, -0.1) is 0 Å². The van der Waals surface area contributed by atoms with E-state index in [9.17, 15) is 4.79 Å². The molecule has 0 radical (unpaired) electrons. The summed E-state index contributed by atoms with van der Waals surface area (Å²) in [6.45, 7) is 4.04. The molecule has 0 fully saturated rings. The normalized spacial score (nSPS) is 9.93. The Hall–Kier alpha value is -1.51. The van der Waals surface area contributed by atoms with E-state index in [4.69, 9.17) is 5.11 Å². The van der Waals surface area contributed by atoms with E-state index in [1.807, 2.05) is 32.0 Å². The first kappa shape index (κ1) is 10.6. The lowest BCUT2D eigenvalue weighted by atomic mass is 10.1. The molecule has 0 amide bonds. The van der Waals surface area contributed by atoms with Crippen LogP contribution in [0.4, 0.5) is 5.69 Å². The van der Waals surface area contributed by atoms with Crippen molar-refractivity contribution in [2.75, 3.05) is 18.5 Å². The van der Waals surface area contributed by atoms with Crippen molar-refractivity contribution in [3.63, 3.8) is 0 Å². The van der Waals surface area contributed by atoms with Crippen molar-refractivity contribution >= 4 is 11.7 Å². The molecule has 0 atom stereocenters. The maximum absolute atomic E-state index is 10.5. The first-order valence-corrected chi connectivity index (χ1v) is 4.51. The van der Waals surface area contributed by atoms with Crippen LogP contribution in [-0.2, 0) is 4.79 Å². The molecule has 1 rings (SSSR count). The van der Waals surface area contributed by atoms with Gasteiger partial charge < -0.3 is 10.0 Å². The van der Waals surface area contributed by atoms with Crippen LogP contribution < -0.4 is 4.90 Å². The van der Waals surface area contributed by atoms with Gasteiger partial charge in [-0.25, -0.2) is 0 Å². The predicted octanol–water partition coefficient (Wildman–Crippen LogP) is 1.82. The first-order valence-electron chi connectivity index (χ1n) is 4.51. The number of hydrogen-bond donors (Lipinski definition) is 1. The van der Waals surface area contributed by atoms with Gasteiger partial charge in [0.05, 0.1) is 0 Å². The molecule has 14 heavy (non-hydrogen) atoms. The number of carbonyl (C=O) groups is 1. The van der Waals surface area contributed by atoms with E-state index in [0.29, 0.717) is 0 Å². The molecule has 3 heteroatoms. The SMILES string of the molecule is Cc1ccc(N(C)CC(=O)O)c(C)c1. The highest BCUT2D eigenvalue weighted by molar-refractivity contribution is 5.74. The molecule has 0 bridgehead atoms. The molecule has 0 unspecified atom stereocenters. The second-order valence-electron chi connectivity index (χ2n) is 3.54. The topological polar surface area (TPSA) is 40.5 Å². The molecule has 0 saturated carbocycles. The molecule has 0 aromatic heterocycles. The van der Waals surface area contributed by atoms with Crippen LogP contribution in [0.15, 0.2) is 18.2 Å². The number of aliphatic carboxylic acids is 1. The van der Waals surface area contributed by atoms with Crippen molar-refractivity contribution in [1.29, 1.82) is 0 Å². The van der Waals surface area contributed by atoms with Crippen LogP contribution in [0, 0.1) is 13.8 Å². The van der Waals surface area contributed by atoms with Crippen LogP contribution in [0.1, 0.15) is 11.1 Å². The lowest BCUT2D eigenvalue weighted by Crippen LogP contribution is -2.25. The highest BCUT2D eigenvalue weighted by atomic mass is 16.4. The molecule has 0 aliphatic carbocycles. The summed E-state index contributed by atoms with van der Waals surface area (Å²) in [7, 11) is 1.78. The number of benzene rings is 1. The van der Waals surface area contributed by atoms with Crippen molar-refractivity contribution in [2.24, 2.45) is 0 Å². The number of anilines is 1. The third kappa shape index (κ3) is 2.49. The molecule has 0 spiro atoms. The Morgan fingerprint density at radius 3 is 2.57 bits per heavy atom. The quantitative estimate of drug-likeness (QED) is 0.796. The van der Waals surface area contributed by atoms with E-state index in [1.165, 1.54) is 5.56 Å². The lowest BCUT2D eigenvalue weighted by molar-refractivity contribution is -0.135. The molecule has 76 valence electrons. The van der Waals surface area contributed by atoms with E-state index in [-0.39, 0.29) is 6.54 Å². The van der Waals surface area contributed by atoms with Gasteiger partial charge in [0.1, 0.15) is 6.54 Å². The summed E-state index contributed by atoms with van der Waals surface area (Å²) in [5, 5.41) is 8.65. The maximum atomic E-state index is 10.5. The highest BCUT2D eigenvalue weighted by Crippen LogP contribution is 2.19. The summed E-state index contributed by atoms with van der Waals surface area (Å²) in [5.41, 5.74) is 3.27. The van der Waals surface area contributed by atoms with Crippen LogP contribution in [0.5, 0.6) is 0 Å². The molecule has 0 heterocycles. The highest BCUT2D eigenvalue weighted by Gasteiger charge is 2.07. The van der Waals surface area contributed by atoms with Gasteiger partial charge in [-0.2, -0.15) is 0 Å². The van der Waals surface area contributed by atoms with Crippen LogP contribution in [0.25, 0.3) is 0 Å². The van der Waals surface area contributed by atoms with Crippen molar-refractivity contribution < 1.29 is 9.90 Å². The van der Waals surface area contributed by atoms with E-state index >= 15 is 0 Å². The van der Waals surface area contributed by atoms with Gasteiger partial charge in [0.25, 0.3) is 0 Å². The predicted molar refractivity (Wildman–Crippen MR) is 56.8 cm³/mol. The number of aryl methyl sites for hydroxylation is 2. The van der Waals surface area contributed by atoms with Crippen molar-refractivity contribution in [2.45, 2.75) is 13.8 Å². The summed E-state index contributed by atoms with van der Waals surface area (Å²) < 4.78 is 0. The van der Waals surface area contributed by atoms with Crippen LogP contribution in [-0.4, -0.2) is 24.7 Å². The summed E-state index contributed by atoms with van der Waals surface area (Å²) in [5.74, 6) is -0.813. The third-order valence-corrected chi connectivity index (χ3v) is 2.14. The number of likely N-dealkylation sites (N-methyl/N-ethyl adjacent to an activating group) is 1. The Kier molecular flexibility index (Phi) is 3.12. The van der Waals surface area contributed by atoms with Crippen LogP contribution in [0.3, 0.4) is 0 Å². The maximum Gasteiger partial charge on any atom is 0.323 e. The van der Waals surface area contributed by atoms with Crippen molar-refractivity contribution in [1.82, 2.24) is 0 Å². The van der Waals surface area contributed by atoms with E-state index in [2.05, 4.69) is 0 Å². The van der Waals surface area contributed by atoms with Gasteiger partial charge >= 0.3 is 5.97 Å². The molecule has 0 aliphatic heterocycles. The molecule has 0 aliphatic rings. The second kappa shape index (κ2) is 4.13. The van der Waals surface area contributed by atoms with E-state index < -0.39 is 5.97 Å². The van der Waals surface area contributed by atoms with Crippen molar-refractivity contribution in [3.05, 3.63) is 29.3 Å². The van der Waals surface area contributed by atoms with Crippen LogP contribution >= 0.6 is 0 Å². The first-order chi connectivity index (χ1) is 6.50. The molecular formula is C11H15NO2. The Morgan fingerprint density at radius 1 is 1.43 bits per heavy atom. The van der Waals surface area contributed by atoms with Crippen LogP contribution in [0.2, 0.25) is 0 Å². The molecular weight excluding hydrogens is 178 g/mol. The van der Waals surface area contributed by atoms with Gasteiger partial charge in [-0.1, -0.05) is 17.7 Å². The average molecular weight is 193 g/mol. The zero-order valence-electron chi connectivity index (χ0n) is 8.74. The summed E-state index contributed by atoms with van der Waals surface area (Å²) >= 11 is 0. The van der Waals surface area contributed by atoms with Gasteiger partial charge in [-0.05, 0) is 25.5 Å². The van der Waals surface area contributed by atoms with E-state index in [1.54, 1.807) is 11.9 Å². The Morgan fingerprint density at radius 2 is 2.07 bits per heavy atom. The van der Waals surface area contributed by atoms with E-state index in [0.717, 1.165) is 11.3 Å². The van der Waals surface area contributed by atoms with Gasteiger partial charge in [0.2, 0.25) is 0 Å². The molecule has 1 N–H and O–H groups in total. The Labute approximate surface area is 84.0 Å². The minimum Gasteiger partial charge on any atom is -0.480 e. The third-order valence-electron chi connectivity index (χ3n) is 2.14. The minimum absolute atomic E-state index is 0.0316. The lowest BCUT2D eigenvalue weighted by Gasteiger charge is -2.19. The molecule has 1 aromatic rings. The summed E-state index contributed by atoms with van der Waals surface area (Å²) in [6.07, 6.45) is 0. The van der Waals surface area contributed by atoms with Gasteiger partial charge in [0, 0.05) is 12.7 Å². The standard InChI is InChI=1S/C11H15NO2/c1-8-4-5-10(9(2)6-8)12(3)7-11(13)14/h4-6H,7H2,1-3H3,(H,13,14). The van der Waals surface area contributed by atoms with Gasteiger partial charge in [0.15, 0.2) is 0 Å². The van der Waals surface area contributed by atoms with Gasteiger partial charge in [-0.3, -0.25) is 4.79 Å². The summed E-state index contributed by atoms with van der Waals surface area (Å²) in [6, 6.07) is 5.99. The smallest absolute Gasteiger partial charge is 0.323 e. The number of hydrogen-bond acceptors (Lipinski definition) is 2. The minimum atomic E-state index is -0.813. The number of rotatable bonds is 3. The molecule has 0 saturated heterocycles. The number of nitrogens with zero attached hydrogens (tertiary/aromatic N) is 1. The average Bonchev–Trinajstić information content (AvgIpc) is 2.01. The largest absolute Gasteiger partial charge is 0.480 e. The van der Waals surface area contributed by atoms with Crippen molar-refractivity contribution in [3.8, 4) is 0 Å². The summed E-state index contributed by atoms with van der Waals surface area (Å²) in [4.78, 5) is 12.3. The fourth-order valence-corrected chi connectivity index (χ4v) is 1.52. The number of carboxylic acids is 1.